The Morgan fingerprint density at radius 3 is 1.23 bits per heavy atom. The largest absolute Gasteiger partial charge is 0.493 e. The van der Waals surface area contributed by atoms with Crippen molar-refractivity contribution < 1.29 is 120 Å². The molecule has 137 heavy (non-hydrogen) atoms. The lowest BCUT2D eigenvalue weighted by Crippen LogP contribution is -2.59. The van der Waals surface area contributed by atoms with E-state index in [9.17, 15) is 96.5 Å². The molecule has 0 aliphatic carbocycles. The molecular weight excluding hydrogens is 1810 g/mol. The van der Waals surface area contributed by atoms with Gasteiger partial charge in [-0.1, -0.05) is 101 Å². The van der Waals surface area contributed by atoms with Gasteiger partial charge < -0.3 is 75.6 Å². The van der Waals surface area contributed by atoms with Gasteiger partial charge in [-0.05, 0) is 143 Å². The van der Waals surface area contributed by atoms with E-state index in [2.05, 4.69) is 45.1 Å². The molecule has 4 aromatic carbocycles. The zero-order chi connectivity index (χ0) is 98.9. The molecule has 8 N–H and O–H groups in total. The molecule has 0 saturated carbocycles. The van der Waals surface area contributed by atoms with Gasteiger partial charge in [0.05, 0.1) is 77.5 Å². The van der Waals surface area contributed by atoms with E-state index >= 15 is 0 Å². The van der Waals surface area contributed by atoms with Gasteiger partial charge in [0.25, 0.3) is 11.8 Å². The number of hydrogen-bond donors (Lipinski definition) is 8. The summed E-state index contributed by atoms with van der Waals surface area (Å²) in [4.78, 5) is 260. The summed E-state index contributed by atoms with van der Waals surface area (Å²) in [6.45, 7) is 19.1. The number of carbonyl (C=O) groups excluding carboxylic acids is 18. The summed E-state index contributed by atoms with van der Waals surface area (Å²) in [5.74, 6) is -9.79. The lowest BCUT2D eigenvalue weighted by molar-refractivity contribution is -0.140. The van der Waals surface area contributed by atoms with Crippen LogP contribution in [-0.4, -0.2) is 259 Å². The standard InChI is InChI=1S/C98H122N12O25S2/c1-53(2)85-89(121)99-58(8)72(113)41-60-26-30-62(31-27-60)50-134-97(129)109-66-44-74(57(7)40-64(66)91(123)107-48-55(5)38-68(107)93(109)125)132-36-16-11-17-37-133-76-45-67-65(43-75(76)131-10)92(124)108-49-56(6)39-69(108)94(126)110(67)98(130)135-51-63-32-28-61(29-33-63)42-73(114)59(9)100-90(122)86(54(3)4)102-80(116)23-15-13-21-71(112)88-87(70(111)20-12-14-22-79(115)101-85)103-81(117)24-18-34-105-83(119)46-77(95(105)127)136-52-137-78-47-84(120)106(96(78)128)35-19-25-82(118)104-88/h26-33,40,43-45,53-54,58-59,68-69,77-78,85-88,93-94,125-126H,5-6,11-25,34-39,41-42,46-52H2,1-4,7-10H3,(H,99,121)(H,100,122)(H,101,115)(H,102,116)(H,103,117)(H,104,118). The van der Waals surface area contributed by atoms with Crippen LogP contribution >= 0.6 is 23.5 Å². The van der Waals surface area contributed by atoms with Gasteiger partial charge in [0.1, 0.15) is 43.1 Å². The van der Waals surface area contributed by atoms with E-state index in [1.165, 1.54) is 49.0 Å². The normalized spacial score (nSPS) is 26.3. The summed E-state index contributed by atoms with van der Waals surface area (Å²) in [5, 5.41) is 39.1. The zero-order valence-corrected chi connectivity index (χ0v) is 80.1. The van der Waals surface area contributed by atoms with Crippen LogP contribution in [0.1, 0.15) is 212 Å². The molecule has 10 heterocycles. The summed E-state index contributed by atoms with van der Waals surface area (Å²) >= 11 is 2.30. The van der Waals surface area contributed by atoms with Crippen LogP contribution in [0.3, 0.4) is 0 Å². The maximum atomic E-state index is 14.8. The Bertz CT molecular complexity index is 5250. The van der Waals surface area contributed by atoms with Crippen LogP contribution in [0.5, 0.6) is 17.2 Å². The second kappa shape index (κ2) is 47.1. The maximum Gasteiger partial charge on any atom is 0.416 e. The Morgan fingerprint density at radius 1 is 0.438 bits per heavy atom. The molecule has 4 aromatic rings. The van der Waals surface area contributed by atoms with E-state index in [0.29, 0.717) is 64.0 Å². The average molecular weight is 1930 g/mol. The Kier molecular flexibility index (Phi) is 35.6. The highest BCUT2D eigenvalue weighted by atomic mass is 32.2. The molecule has 0 aromatic heterocycles. The van der Waals surface area contributed by atoms with Crippen molar-refractivity contribution in [3.63, 3.8) is 0 Å². The third-order valence-electron chi connectivity index (χ3n) is 25.6. The van der Waals surface area contributed by atoms with Crippen LogP contribution in [0, 0.1) is 18.8 Å². The minimum Gasteiger partial charge on any atom is -0.493 e. The van der Waals surface area contributed by atoms with Gasteiger partial charge in [-0.2, -0.15) is 0 Å². The first-order valence-corrected chi connectivity index (χ1v) is 48.8. The first-order chi connectivity index (χ1) is 65.4. The predicted molar refractivity (Wildman–Crippen MR) is 502 cm³/mol. The van der Waals surface area contributed by atoms with Gasteiger partial charge in [-0.15, -0.1) is 23.5 Å². The fourth-order valence-electron chi connectivity index (χ4n) is 17.8. The molecule has 736 valence electrons. The fraction of sp³-hybridized carbons (Fsp3) is 0.531. The molecule has 14 rings (SSSR count). The van der Waals surface area contributed by atoms with Crippen molar-refractivity contribution in [3.05, 3.63) is 136 Å². The zero-order valence-electron chi connectivity index (χ0n) is 78.4. The quantitative estimate of drug-likeness (QED) is 0.0746. The molecule has 5 saturated heterocycles. The van der Waals surface area contributed by atoms with Gasteiger partial charge >= 0.3 is 12.2 Å². The number of nitrogens with one attached hydrogen (secondary N) is 6. The number of hydrogen-bond acceptors (Lipinski definition) is 27. The van der Waals surface area contributed by atoms with Crippen LogP contribution in [0.2, 0.25) is 0 Å². The number of ether oxygens (including phenoxy) is 5. The van der Waals surface area contributed by atoms with Gasteiger partial charge in [0, 0.05) is 108 Å². The van der Waals surface area contributed by atoms with E-state index in [1.54, 1.807) is 89.2 Å². The number of methoxy groups -OCH3 is 1. The first-order valence-electron chi connectivity index (χ1n) is 46.7. The number of Topliss-reactive ketones (excluding diaryl/α,β-unsaturated/α-hetero) is 4. The number of benzene rings is 4. The van der Waals surface area contributed by atoms with E-state index in [4.69, 9.17) is 23.7 Å². The van der Waals surface area contributed by atoms with Crippen LogP contribution in [-0.2, 0) is 103 Å². The molecule has 12 bridgehead atoms. The number of fused-ring (bicyclic) bond motifs is 8. The highest BCUT2D eigenvalue weighted by molar-refractivity contribution is 8.17. The van der Waals surface area contributed by atoms with Gasteiger partial charge in [0.15, 0.2) is 47.1 Å². The minimum atomic E-state index is -1.77. The van der Waals surface area contributed by atoms with Crippen molar-refractivity contribution in [1.82, 2.24) is 51.5 Å². The second-order valence-corrected chi connectivity index (χ2v) is 39.5. The molecule has 12 atom stereocenters. The lowest BCUT2D eigenvalue weighted by atomic mass is 9.92. The van der Waals surface area contributed by atoms with E-state index in [0.717, 1.165) is 43.1 Å². The van der Waals surface area contributed by atoms with Gasteiger partial charge in [0.2, 0.25) is 59.1 Å². The van der Waals surface area contributed by atoms with Crippen molar-refractivity contribution >= 4 is 141 Å². The first kappa shape index (κ1) is 104. The van der Waals surface area contributed by atoms with Crippen molar-refractivity contribution in [2.24, 2.45) is 11.8 Å². The molecule has 12 unspecified atom stereocenters. The number of anilines is 2. The second-order valence-electron chi connectivity index (χ2n) is 36.7. The number of rotatable bonds is 3. The highest BCUT2D eigenvalue weighted by Gasteiger charge is 2.50. The monoisotopic (exact) mass is 1930 g/mol. The van der Waals surface area contributed by atoms with Gasteiger partial charge in [-0.3, -0.25) is 86.5 Å². The minimum absolute atomic E-state index is 0.0130. The maximum absolute atomic E-state index is 14.8. The Morgan fingerprint density at radius 2 is 0.818 bits per heavy atom. The number of nitrogens with zero attached hydrogens (tertiary/aromatic N) is 6. The van der Waals surface area contributed by atoms with Crippen molar-refractivity contribution in [1.29, 1.82) is 0 Å². The van der Waals surface area contributed by atoms with Crippen LogP contribution in [0.15, 0.2) is 97.1 Å². The Labute approximate surface area is 802 Å². The molecule has 37 nitrogen and oxygen atoms in total. The number of aliphatic hydroxyl groups is 2. The molecule has 10 aliphatic heterocycles. The number of ketones is 4. The summed E-state index contributed by atoms with van der Waals surface area (Å²) in [7, 11) is 1.39. The summed E-state index contributed by atoms with van der Waals surface area (Å²) in [6, 6.07) is 9.33. The number of imide groups is 2. The molecule has 39 heteroatoms. The Balaban J connectivity index is 0.761. The molecule has 10 aliphatic rings. The van der Waals surface area contributed by atoms with Gasteiger partial charge in [-0.25, -0.2) is 19.4 Å². The Hall–Kier alpha value is -12.4. The summed E-state index contributed by atoms with van der Waals surface area (Å²) < 4.78 is 30.2. The SMILES string of the molecule is C=C1CC2C(O)N3C(=O)OCc4ccc(cc4)CC(=O)C(C)NC(=O)C(C(C)C)NC(=O)CCCCC(=O)C4NC(=O)CCCN5C(=O)CC(SCSC6CC(=O)N(CCCC(=O)NC4C(=O)CCCCC(=O)NC(C(C)C)C(=O)NC(C)C(=O)Cc4ccc(cc4)COC(=O)N4c7cc(c(OC)cc7C(=O)N7CC(=C)CC7C4O)OCCCCCOc4cc3c(cc4C)C(=O)N2C1)C6=O)C5=O. The van der Waals surface area contributed by atoms with Crippen LogP contribution < -0.4 is 55.9 Å². The van der Waals surface area contributed by atoms with E-state index < -0.39 is 189 Å². The third-order valence-corrected chi connectivity index (χ3v) is 28.3. The molecule has 14 amide bonds. The van der Waals surface area contributed by atoms with E-state index in [1.807, 2.05) is 0 Å². The van der Waals surface area contributed by atoms with E-state index in [-0.39, 0.29) is 207 Å². The fourth-order valence-corrected chi connectivity index (χ4v) is 20.5. The van der Waals surface area contributed by atoms with Crippen molar-refractivity contribution in [2.75, 3.05) is 61.4 Å². The van der Waals surface area contributed by atoms with Crippen LogP contribution in [0.25, 0.3) is 0 Å². The molecular formula is C98H122N12O25S2. The highest BCUT2D eigenvalue weighted by Crippen LogP contribution is 2.44. The summed E-state index contributed by atoms with van der Waals surface area (Å²) in [5.41, 5.74) is 4.05. The average Bonchev–Trinajstić information content (AvgIpc) is 1.61. The van der Waals surface area contributed by atoms with Crippen LogP contribution in [0.4, 0.5) is 21.0 Å². The topological polar surface area (TPSA) is 485 Å². The lowest BCUT2D eigenvalue weighted by Gasteiger charge is -2.31. The number of thioether (sulfide) groups is 2. The summed E-state index contributed by atoms with van der Waals surface area (Å²) in [6.07, 6.45) is -6.10. The number of amides is 14. The van der Waals surface area contributed by atoms with Crippen molar-refractivity contribution in [3.8, 4) is 17.2 Å². The predicted octanol–water partition coefficient (Wildman–Crippen LogP) is 7.13. The molecule has 0 radical (unpaired) electrons. The van der Waals surface area contributed by atoms with Crippen molar-refractivity contribution in [2.45, 2.75) is 268 Å². The smallest absolute Gasteiger partial charge is 0.416 e. The molecule has 5 fully saturated rings. The third kappa shape index (κ3) is 25.9. The number of aliphatic hydroxyl groups excluding tert-OH is 2. The number of aryl methyl sites for hydroxylation is 1. The number of carbonyl (C=O) groups is 18. The molecule has 0 spiro atoms.